The van der Waals surface area contributed by atoms with Crippen molar-refractivity contribution >= 4 is 5.84 Å². The fourth-order valence-corrected chi connectivity index (χ4v) is 5.45. The van der Waals surface area contributed by atoms with E-state index in [1.807, 2.05) is 0 Å². The lowest BCUT2D eigenvalue weighted by Gasteiger charge is -2.48. The van der Waals surface area contributed by atoms with Crippen molar-refractivity contribution in [3.05, 3.63) is 0 Å². The first-order chi connectivity index (χ1) is 19.3. The number of hydrogen-bond donors (Lipinski definition) is 9. The Hall–Kier alpha value is -1.22. The van der Waals surface area contributed by atoms with Gasteiger partial charge in [-0.1, -0.05) is 0 Å². The molecular weight excluding hydrogens is 557 g/mol. The van der Waals surface area contributed by atoms with Crippen molar-refractivity contribution in [1.82, 2.24) is 10.6 Å². The van der Waals surface area contributed by atoms with E-state index in [0.717, 1.165) is 0 Å². The van der Waals surface area contributed by atoms with E-state index in [-0.39, 0.29) is 25.7 Å². The number of amidine groups is 1. The first kappa shape index (κ1) is 34.3. The Morgan fingerprint density at radius 2 is 1.80 bits per heavy atom. The van der Waals surface area contributed by atoms with Gasteiger partial charge in [-0.15, -0.1) is 0 Å². The second kappa shape index (κ2) is 15.0. The summed E-state index contributed by atoms with van der Waals surface area (Å²) in [5.41, 5.74) is 16.7. The quantitative estimate of drug-likeness (QED) is 0.0604. The van der Waals surface area contributed by atoms with Crippen molar-refractivity contribution in [1.29, 1.82) is 0 Å². The number of aliphatic hydroxyl groups excluding tert-OH is 3. The van der Waals surface area contributed by atoms with E-state index in [1.165, 1.54) is 14.0 Å². The van der Waals surface area contributed by atoms with E-state index >= 15 is 0 Å². The summed E-state index contributed by atoms with van der Waals surface area (Å²) in [6.45, 7) is 1.19. The predicted molar refractivity (Wildman–Crippen MR) is 140 cm³/mol. The number of likely N-dealkylation sites (N-methyl/N-ethyl adjacent to an activating group) is 1. The van der Waals surface area contributed by atoms with Gasteiger partial charge in [-0.25, -0.2) is 13.2 Å². The number of halogens is 3. The molecule has 13 atom stereocenters. The molecule has 0 aromatic rings. The van der Waals surface area contributed by atoms with Crippen LogP contribution in [0.4, 0.5) is 13.2 Å². The third-order valence-electron chi connectivity index (χ3n) is 7.71. The van der Waals surface area contributed by atoms with E-state index in [2.05, 4.69) is 15.6 Å². The van der Waals surface area contributed by atoms with Crippen molar-refractivity contribution in [3.63, 3.8) is 0 Å². The highest BCUT2D eigenvalue weighted by Crippen LogP contribution is 2.33. The summed E-state index contributed by atoms with van der Waals surface area (Å²) in [4.78, 5) is 3.99. The summed E-state index contributed by atoms with van der Waals surface area (Å²) < 4.78 is 62.1. The number of nitrogens with one attached hydrogen (secondary N) is 2. The molecular formula is C24H45F3N6O8. The highest BCUT2D eigenvalue weighted by Gasteiger charge is 2.51. The van der Waals surface area contributed by atoms with Crippen LogP contribution in [0.25, 0.3) is 0 Å². The standard InChI is InChI=1S/C24H45F3N6O8/c1-24(37)9-38-23(15(35)19(24)31-2)41-18-13(33-21(30)16(36)20(26)27)7-12(29)17(14(18)34)40-22-11(28)4-3-10(39-22)8-32-6-5-25/h10-20,22-23,31-32,34-37H,3-9,28-29H2,1-2H3,(H2,30,33). The monoisotopic (exact) mass is 602 g/mol. The molecule has 0 radical (unpaired) electrons. The Bertz CT molecular complexity index is 851. The van der Waals surface area contributed by atoms with Gasteiger partial charge in [0.2, 0.25) is 0 Å². The lowest BCUT2D eigenvalue weighted by Crippen LogP contribution is -2.67. The predicted octanol–water partition coefficient (Wildman–Crippen LogP) is -3.35. The number of ether oxygens (including phenoxy) is 4. The van der Waals surface area contributed by atoms with Crippen LogP contribution in [-0.4, -0.2) is 145 Å². The smallest absolute Gasteiger partial charge is 0.271 e. The number of aliphatic imine (C=N–C) groups is 1. The normalized spacial score (nSPS) is 43.3. The van der Waals surface area contributed by atoms with Gasteiger partial charge >= 0.3 is 0 Å². The van der Waals surface area contributed by atoms with Gasteiger partial charge in [0.15, 0.2) is 18.7 Å². The summed E-state index contributed by atoms with van der Waals surface area (Å²) >= 11 is 0. The van der Waals surface area contributed by atoms with Crippen LogP contribution in [0.1, 0.15) is 26.2 Å². The van der Waals surface area contributed by atoms with Crippen LogP contribution in [0.3, 0.4) is 0 Å². The van der Waals surface area contributed by atoms with Gasteiger partial charge in [-0.05, 0) is 33.2 Å². The van der Waals surface area contributed by atoms with Crippen LogP contribution in [0.2, 0.25) is 0 Å². The van der Waals surface area contributed by atoms with Gasteiger partial charge in [-0.2, -0.15) is 0 Å². The van der Waals surface area contributed by atoms with Crippen LogP contribution >= 0.6 is 0 Å². The number of alkyl halides is 3. The molecule has 0 aromatic heterocycles. The number of rotatable bonds is 12. The molecule has 12 N–H and O–H groups in total. The molecule has 2 aliphatic heterocycles. The average molecular weight is 603 g/mol. The molecule has 14 nitrogen and oxygen atoms in total. The zero-order chi connectivity index (χ0) is 30.5. The van der Waals surface area contributed by atoms with Gasteiger partial charge in [0.1, 0.15) is 42.5 Å². The fraction of sp³-hybridized carbons (Fsp3) is 0.958. The molecule has 2 heterocycles. The second-order valence-corrected chi connectivity index (χ2v) is 11.0. The van der Waals surface area contributed by atoms with Crippen molar-refractivity contribution < 1.29 is 52.5 Å². The average Bonchev–Trinajstić information content (AvgIpc) is 2.91. The molecule has 3 rings (SSSR count). The minimum Gasteiger partial charge on any atom is -0.388 e. The van der Waals surface area contributed by atoms with Crippen molar-refractivity contribution in [3.8, 4) is 0 Å². The zero-order valence-electron chi connectivity index (χ0n) is 23.2. The Labute approximate surface area is 236 Å². The lowest BCUT2D eigenvalue weighted by atomic mass is 9.83. The zero-order valence-corrected chi connectivity index (χ0v) is 23.2. The molecule has 240 valence electrons. The minimum atomic E-state index is -3.21. The molecule has 3 aliphatic rings. The molecule has 13 unspecified atom stereocenters. The Balaban J connectivity index is 1.82. The second-order valence-electron chi connectivity index (χ2n) is 11.0. The highest BCUT2D eigenvalue weighted by molar-refractivity contribution is 5.85. The van der Waals surface area contributed by atoms with E-state index in [0.29, 0.717) is 19.4 Å². The molecule has 41 heavy (non-hydrogen) atoms. The van der Waals surface area contributed by atoms with E-state index in [9.17, 15) is 33.6 Å². The van der Waals surface area contributed by atoms with Crippen LogP contribution in [0.15, 0.2) is 4.99 Å². The summed E-state index contributed by atoms with van der Waals surface area (Å²) in [7, 11) is 1.52. The van der Waals surface area contributed by atoms with Gasteiger partial charge in [-0.3, -0.25) is 4.99 Å². The van der Waals surface area contributed by atoms with Gasteiger partial charge in [0.25, 0.3) is 6.43 Å². The van der Waals surface area contributed by atoms with E-state index in [1.54, 1.807) is 0 Å². The molecule has 3 fully saturated rings. The SMILES string of the molecule is CNC1C(O)C(OC2C(N=C(N)C(O)C(F)F)CC(N)C(OC3OC(CNCCF)CCC3N)C2O)OCC1(C)O. The summed E-state index contributed by atoms with van der Waals surface area (Å²) in [5.74, 6) is -0.792. The van der Waals surface area contributed by atoms with Gasteiger partial charge in [0, 0.05) is 19.1 Å². The molecule has 0 spiro atoms. The van der Waals surface area contributed by atoms with Gasteiger partial charge < -0.3 is 67.2 Å². The molecule has 1 saturated carbocycles. The van der Waals surface area contributed by atoms with E-state index < -0.39 is 91.8 Å². The summed E-state index contributed by atoms with van der Waals surface area (Å²) in [5, 5.41) is 48.3. The van der Waals surface area contributed by atoms with Crippen LogP contribution < -0.4 is 27.8 Å². The third-order valence-corrected chi connectivity index (χ3v) is 7.71. The first-order valence-electron chi connectivity index (χ1n) is 13.7. The lowest BCUT2D eigenvalue weighted by molar-refractivity contribution is -0.306. The minimum absolute atomic E-state index is 0.0948. The van der Waals surface area contributed by atoms with Crippen LogP contribution in [-0.2, 0) is 18.9 Å². The van der Waals surface area contributed by atoms with E-state index in [4.69, 9.17) is 36.1 Å². The third kappa shape index (κ3) is 8.45. The molecule has 0 aromatic carbocycles. The molecule has 1 aliphatic carbocycles. The highest BCUT2D eigenvalue weighted by atomic mass is 19.3. The maximum absolute atomic E-state index is 13.1. The number of nitrogens with zero attached hydrogens (tertiary/aromatic N) is 1. The largest absolute Gasteiger partial charge is 0.388 e. The Kier molecular flexibility index (Phi) is 12.5. The van der Waals surface area contributed by atoms with Crippen molar-refractivity contribution in [2.45, 2.75) is 112 Å². The summed E-state index contributed by atoms with van der Waals surface area (Å²) in [6, 6.07) is -3.54. The molecule has 17 heteroatoms. The fourth-order valence-electron chi connectivity index (χ4n) is 5.45. The molecule has 0 bridgehead atoms. The van der Waals surface area contributed by atoms with Crippen LogP contribution in [0, 0.1) is 0 Å². The van der Waals surface area contributed by atoms with Crippen LogP contribution in [0.5, 0.6) is 0 Å². The number of hydrogen-bond acceptors (Lipinski definition) is 13. The Morgan fingerprint density at radius 1 is 1.12 bits per heavy atom. The maximum atomic E-state index is 13.1. The van der Waals surface area contributed by atoms with Crippen molar-refractivity contribution in [2.75, 3.05) is 33.4 Å². The number of nitrogens with two attached hydrogens (primary N) is 3. The molecule has 2 saturated heterocycles. The first-order valence-corrected chi connectivity index (χ1v) is 13.7. The topological polar surface area (TPSA) is 232 Å². The number of aliphatic hydroxyl groups is 4. The Morgan fingerprint density at radius 3 is 2.44 bits per heavy atom. The van der Waals surface area contributed by atoms with Crippen molar-refractivity contribution in [2.24, 2.45) is 22.2 Å². The maximum Gasteiger partial charge on any atom is 0.271 e. The molecule has 0 amide bonds. The van der Waals surface area contributed by atoms with Gasteiger partial charge in [0.05, 0.1) is 30.8 Å². The summed E-state index contributed by atoms with van der Waals surface area (Å²) in [6.07, 6.45) is -12.8.